The molecule has 1 heterocycles. The summed E-state index contributed by atoms with van der Waals surface area (Å²) >= 11 is 0. The zero-order valence-electron chi connectivity index (χ0n) is 9.22. The van der Waals surface area contributed by atoms with Crippen molar-refractivity contribution in [1.82, 2.24) is 16.0 Å². The maximum atomic E-state index is 11.4. The van der Waals surface area contributed by atoms with Crippen LogP contribution >= 0.6 is 0 Å². The van der Waals surface area contributed by atoms with Crippen LogP contribution in [0.5, 0.6) is 0 Å². The molecule has 1 aliphatic carbocycles. The highest BCUT2D eigenvalue weighted by Gasteiger charge is 2.19. The van der Waals surface area contributed by atoms with Crippen LogP contribution in [-0.2, 0) is 0 Å². The van der Waals surface area contributed by atoms with Crippen molar-refractivity contribution in [1.29, 1.82) is 0 Å². The second kappa shape index (κ2) is 5.35. The van der Waals surface area contributed by atoms with Crippen molar-refractivity contribution in [3.63, 3.8) is 0 Å². The summed E-state index contributed by atoms with van der Waals surface area (Å²) in [5, 5.41) is 9.31. The lowest BCUT2D eigenvalue weighted by Crippen LogP contribution is -2.45. The molecule has 0 spiro atoms. The van der Waals surface area contributed by atoms with E-state index in [9.17, 15) is 4.79 Å². The van der Waals surface area contributed by atoms with E-state index in [4.69, 9.17) is 0 Å². The minimum atomic E-state index is 0.0118. The number of amides is 2. The Balaban J connectivity index is 1.50. The first-order valence-electron chi connectivity index (χ1n) is 6.12. The van der Waals surface area contributed by atoms with Gasteiger partial charge in [0.05, 0.1) is 0 Å². The molecule has 0 aromatic heterocycles. The third kappa shape index (κ3) is 3.38. The molecule has 3 N–H and O–H groups in total. The van der Waals surface area contributed by atoms with E-state index < -0.39 is 0 Å². The zero-order valence-corrected chi connectivity index (χ0v) is 9.22. The summed E-state index contributed by atoms with van der Waals surface area (Å²) in [5.74, 6) is 0. The molecule has 1 aliphatic heterocycles. The lowest BCUT2D eigenvalue weighted by atomic mass is 9.93. The Morgan fingerprint density at radius 2 is 2.13 bits per heavy atom. The Morgan fingerprint density at radius 3 is 2.73 bits per heavy atom. The number of nitrogens with one attached hydrogen (secondary N) is 3. The Kier molecular flexibility index (Phi) is 3.83. The first kappa shape index (κ1) is 10.7. The van der Waals surface area contributed by atoms with Gasteiger partial charge in [-0.1, -0.05) is 0 Å². The first-order valence-corrected chi connectivity index (χ1v) is 6.12. The van der Waals surface area contributed by atoms with Crippen molar-refractivity contribution < 1.29 is 4.79 Å². The van der Waals surface area contributed by atoms with Gasteiger partial charge in [0, 0.05) is 18.6 Å². The average Bonchev–Trinajstić information content (AvgIpc) is 2.64. The summed E-state index contributed by atoms with van der Waals surface area (Å²) in [6.07, 6.45) is 7.15. The molecule has 1 saturated carbocycles. The van der Waals surface area contributed by atoms with Crippen molar-refractivity contribution in [2.45, 2.75) is 50.6 Å². The van der Waals surface area contributed by atoms with Crippen LogP contribution in [0.2, 0.25) is 0 Å². The largest absolute Gasteiger partial charge is 0.338 e. The van der Waals surface area contributed by atoms with Gasteiger partial charge in [0.1, 0.15) is 0 Å². The van der Waals surface area contributed by atoms with Gasteiger partial charge < -0.3 is 16.0 Å². The van der Waals surface area contributed by atoms with Gasteiger partial charge in [0.2, 0.25) is 0 Å². The number of urea groups is 1. The van der Waals surface area contributed by atoms with Crippen LogP contribution in [0.3, 0.4) is 0 Å². The average molecular weight is 211 g/mol. The molecule has 4 nitrogen and oxygen atoms in total. The second-order valence-corrected chi connectivity index (χ2v) is 4.61. The number of rotatable bonds is 4. The van der Waals surface area contributed by atoms with E-state index in [0.29, 0.717) is 12.1 Å². The van der Waals surface area contributed by atoms with E-state index in [1.807, 2.05) is 0 Å². The number of hydrogen-bond donors (Lipinski definition) is 3. The molecule has 2 rings (SSSR count). The van der Waals surface area contributed by atoms with Crippen LogP contribution in [0.25, 0.3) is 0 Å². The fourth-order valence-electron chi connectivity index (χ4n) is 2.15. The third-order valence-electron chi connectivity index (χ3n) is 3.38. The Hall–Kier alpha value is -0.770. The van der Waals surface area contributed by atoms with Gasteiger partial charge in [0.15, 0.2) is 0 Å². The molecule has 1 saturated heterocycles. The normalized spacial score (nSPS) is 26.0. The number of carbonyl (C=O) groups excluding carboxylic acids is 1. The highest BCUT2D eigenvalue weighted by Crippen LogP contribution is 2.17. The molecular weight excluding hydrogens is 190 g/mol. The molecule has 2 fully saturated rings. The van der Waals surface area contributed by atoms with Crippen molar-refractivity contribution in [3.8, 4) is 0 Å². The Bertz CT molecular complexity index is 210. The van der Waals surface area contributed by atoms with Crippen LogP contribution in [0.15, 0.2) is 0 Å². The summed E-state index contributed by atoms with van der Waals surface area (Å²) in [5.41, 5.74) is 0. The molecule has 2 aliphatic rings. The maximum absolute atomic E-state index is 11.4. The van der Waals surface area contributed by atoms with Crippen molar-refractivity contribution in [3.05, 3.63) is 0 Å². The Morgan fingerprint density at radius 1 is 1.27 bits per heavy atom. The van der Waals surface area contributed by atoms with Crippen LogP contribution in [-0.4, -0.2) is 31.2 Å². The van der Waals surface area contributed by atoms with E-state index >= 15 is 0 Å². The summed E-state index contributed by atoms with van der Waals surface area (Å²) in [7, 11) is 0. The molecule has 0 aromatic rings. The molecule has 1 unspecified atom stereocenters. The minimum absolute atomic E-state index is 0.0118. The van der Waals surface area contributed by atoms with E-state index in [1.165, 1.54) is 19.3 Å². The van der Waals surface area contributed by atoms with Gasteiger partial charge >= 0.3 is 6.03 Å². The standard InChI is InChI=1S/C11H21N3O/c15-11(14-10-3-1-4-10)13-8-6-9-5-2-7-12-9/h9-10,12H,1-8H2,(H2,13,14,15). The summed E-state index contributed by atoms with van der Waals surface area (Å²) in [6, 6.07) is 1.07. The summed E-state index contributed by atoms with van der Waals surface area (Å²) < 4.78 is 0. The molecule has 0 bridgehead atoms. The van der Waals surface area contributed by atoms with E-state index in [0.717, 1.165) is 32.4 Å². The highest BCUT2D eigenvalue weighted by molar-refractivity contribution is 5.74. The van der Waals surface area contributed by atoms with Crippen molar-refractivity contribution >= 4 is 6.03 Å². The van der Waals surface area contributed by atoms with E-state index in [2.05, 4.69) is 16.0 Å². The minimum Gasteiger partial charge on any atom is -0.338 e. The second-order valence-electron chi connectivity index (χ2n) is 4.61. The van der Waals surface area contributed by atoms with Gasteiger partial charge in [-0.25, -0.2) is 4.79 Å². The quantitative estimate of drug-likeness (QED) is 0.649. The smallest absolute Gasteiger partial charge is 0.315 e. The summed E-state index contributed by atoms with van der Waals surface area (Å²) in [4.78, 5) is 11.4. The first-order chi connectivity index (χ1) is 7.34. The van der Waals surface area contributed by atoms with Crippen LogP contribution in [0.1, 0.15) is 38.5 Å². The molecule has 15 heavy (non-hydrogen) atoms. The number of carbonyl (C=O) groups is 1. The predicted molar refractivity (Wildman–Crippen MR) is 59.8 cm³/mol. The molecule has 86 valence electrons. The fraction of sp³-hybridized carbons (Fsp3) is 0.909. The number of hydrogen-bond acceptors (Lipinski definition) is 2. The third-order valence-corrected chi connectivity index (χ3v) is 3.38. The van der Waals surface area contributed by atoms with Crippen LogP contribution in [0, 0.1) is 0 Å². The Labute approximate surface area is 91.2 Å². The molecule has 0 aromatic carbocycles. The molecule has 0 radical (unpaired) electrons. The molecular formula is C11H21N3O. The lowest BCUT2D eigenvalue weighted by molar-refractivity contribution is 0.228. The van der Waals surface area contributed by atoms with E-state index in [1.54, 1.807) is 0 Å². The molecule has 1 atom stereocenters. The molecule has 4 heteroatoms. The van der Waals surface area contributed by atoms with Gasteiger partial charge in [-0.3, -0.25) is 0 Å². The van der Waals surface area contributed by atoms with Gasteiger partial charge in [-0.15, -0.1) is 0 Å². The zero-order chi connectivity index (χ0) is 10.5. The predicted octanol–water partition coefficient (Wildman–Crippen LogP) is 0.980. The van der Waals surface area contributed by atoms with Gasteiger partial charge in [-0.05, 0) is 45.1 Å². The maximum Gasteiger partial charge on any atom is 0.315 e. The summed E-state index contributed by atoms with van der Waals surface area (Å²) in [6.45, 7) is 1.93. The van der Waals surface area contributed by atoms with E-state index in [-0.39, 0.29) is 6.03 Å². The SMILES string of the molecule is O=C(NCCC1CCCN1)NC1CCC1. The monoisotopic (exact) mass is 211 g/mol. The van der Waals surface area contributed by atoms with Gasteiger partial charge in [0.25, 0.3) is 0 Å². The fourth-order valence-corrected chi connectivity index (χ4v) is 2.15. The van der Waals surface area contributed by atoms with Crippen LogP contribution in [0.4, 0.5) is 4.79 Å². The van der Waals surface area contributed by atoms with Crippen molar-refractivity contribution in [2.24, 2.45) is 0 Å². The molecule has 2 amide bonds. The highest BCUT2D eigenvalue weighted by atomic mass is 16.2. The van der Waals surface area contributed by atoms with Crippen LogP contribution < -0.4 is 16.0 Å². The van der Waals surface area contributed by atoms with Crippen molar-refractivity contribution in [2.75, 3.05) is 13.1 Å². The topological polar surface area (TPSA) is 53.2 Å². The van der Waals surface area contributed by atoms with Gasteiger partial charge in [-0.2, -0.15) is 0 Å². The lowest BCUT2D eigenvalue weighted by Gasteiger charge is -2.26.